The van der Waals surface area contributed by atoms with Crippen LogP contribution in [0.2, 0.25) is 0 Å². The molecule has 0 radical (unpaired) electrons. The van der Waals surface area contributed by atoms with Gasteiger partial charge < -0.3 is 27.5 Å². The molecule has 2 amide bonds. The molecule has 158 valence electrons. The van der Waals surface area contributed by atoms with Crippen molar-refractivity contribution in [2.24, 2.45) is 32.9 Å². The highest BCUT2D eigenvalue weighted by Gasteiger charge is 2.15. The van der Waals surface area contributed by atoms with Crippen LogP contribution in [0.3, 0.4) is 0 Å². The van der Waals surface area contributed by atoms with Gasteiger partial charge in [0.25, 0.3) is 21.9 Å². The molecule has 2 aromatic rings. The van der Waals surface area contributed by atoms with E-state index in [2.05, 4.69) is 9.98 Å². The van der Waals surface area contributed by atoms with E-state index in [1.807, 2.05) is 6.07 Å². The second-order valence-corrected chi connectivity index (χ2v) is 7.03. The molecule has 0 aliphatic heterocycles. The molecule has 0 saturated heterocycles. The predicted octanol–water partition coefficient (Wildman–Crippen LogP) is -1.32. The van der Waals surface area contributed by atoms with Crippen LogP contribution in [-0.4, -0.2) is 47.5 Å². The Morgan fingerprint density at radius 1 is 1.03 bits per heavy atom. The SMILES string of the molecule is CS(=O)(=O)O.N#Cc1cccn1-c1cc(C(=O)N=C(N)N)cc(C(=O)N=C(N)N)c1. The Balaban J connectivity index is 0.000000804. The fourth-order valence-corrected chi connectivity index (χ4v) is 2.06. The molecule has 0 atom stereocenters. The Labute approximate surface area is 171 Å². The van der Waals surface area contributed by atoms with Crippen molar-refractivity contribution in [2.45, 2.75) is 0 Å². The summed E-state index contributed by atoms with van der Waals surface area (Å²) in [5.41, 5.74) is 21.6. The zero-order valence-electron chi connectivity index (χ0n) is 15.6. The molecule has 0 saturated carbocycles. The van der Waals surface area contributed by atoms with Crippen molar-refractivity contribution in [2.75, 3.05) is 6.26 Å². The fourth-order valence-electron chi connectivity index (χ4n) is 2.06. The number of carbonyl (C=O) groups is 2. The topological polar surface area (TPSA) is 246 Å². The highest BCUT2D eigenvalue weighted by atomic mass is 32.2. The van der Waals surface area contributed by atoms with Crippen molar-refractivity contribution < 1.29 is 22.6 Å². The van der Waals surface area contributed by atoms with Crippen LogP contribution in [0.4, 0.5) is 0 Å². The van der Waals surface area contributed by atoms with Gasteiger partial charge in [-0.25, -0.2) is 0 Å². The average molecular weight is 434 g/mol. The third-order valence-electron chi connectivity index (χ3n) is 3.01. The fraction of sp³-hybridized carbons (Fsp3) is 0.0625. The lowest BCUT2D eigenvalue weighted by atomic mass is 10.1. The van der Waals surface area contributed by atoms with E-state index in [1.165, 1.54) is 22.8 Å². The van der Waals surface area contributed by atoms with Crippen LogP contribution in [0.5, 0.6) is 0 Å². The maximum Gasteiger partial charge on any atom is 0.280 e. The van der Waals surface area contributed by atoms with Crippen LogP contribution in [0.25, 0.3) is 5.69 Å². The van der Waals surface area contributed by atoms with Gasteiger partial charge in [-0.1, -0.05) is 0 Å². The Morgan fingerprint density at radius 3 is 1.83 bits per heavy atom. The third kappa shape index (κ3) is 7.80. The number of nitrogens with zero attached hydrogens (tertiary/aromatic N) is 4. The number of carbonyl (C=O) groups excluding carboxylic acids is 2. The van der Waals surface area contributed by atoms with Gasteiger partial charge in [0, 0.05) is 23.0 Å². The number of hydrogen-bond donors (Lipinski definition) is 5. The van der Waals surface area contributed by atoms with Gasteiger partial charge in [0.2, 0.25) is 0 Å². The second-order valence-electron chi connectivity index (χ2n) is 5.56. The summed E-state index contributed by atoms with van der Waals surface area (Å²) in [6, 6.07) is 9.32. The molecule has 13 nitrogen and oxygen atoms in total. The molecule has 9 N–H and O–H groups in total. The molecule has 0 unspecified atom stereocenters. The summed E-state index contributed by atoms with van der Waals surface area (Å²) in [4.78, 5) is 31.1. The summed E-state index contributed by atoms with van der Waals surface area (Å²) in [7, 11) is -3.67. The molecule has 1 heterocycles. The smallest absolute Gasteiger partial charge is 0.280 e. The maximum atomic E-state index is 12.1. The number of aromatic nitrogens is 1. The van der Waals surface area contributed by atoms with E-state index in [4.69, 9.17) is 32.7 Å². The lowest BCUT2D eigenvalue weighted by Crippen LogP contribution is -2.24. The van der Waals surface area contributed by atoms with Crippen LogP contribution in [0.1, 0.15) is 26.4 Å². The normalized spacial score (nSPS) is 10.0. The lowest BCUT2D eigenvalue weighted by Gasteiger charge is -2.09. The Kier molecular flexibility index (Phi) is 7.79. The van der Waals surface area contributed by atoms with Crippen molar-refractivity contribution in [3.63, 3.8) is 0 Å². The number of nitriles is 1. The van der Waals surface area contributed by atoms with Gasteiger partial charge in [-0.15, -0.1) is 0 Å². The van der Waals surface area contributed by atoms with Crippen LogP contribution >= 0.6 is 0 Å². The van der Waals surface area contributed by atoms with E-state index >= 15 is 0 Å². The minimum absolute atomic E-state index is 0.0256. The van der Waals surface area contributed by atoms with Gasteiger partial charge in [0.05, 0.1) is 6.26 Å². The molecule has 30 heavy (non-hydrogen) atoms. The predicted molar refractivity (Wildman–Crippen MR) is 108 cm³/mol. The van der Waals surface area contributed by atoms with Gasteiger partial charge in [-0.3, -0.25) is 14.1 Å². The molecule has 0 spiro atoms. The average Bonchev–Trinajstić information content (AvgIpc) is 3.07. The van der Waals surface area contributed by atoms with Crippen molar-refractivity contribution in [3.05, 3.63) is 53.3 Å². The zero-order chi connectivity index (χ0) is 23.1. The van der Waals surface area contributed by atoms with E-state index in [0.717, 1.165) is 0 Å². The minimum Gasteiger partial charge on any atom is -0.370 e. The van der Waals surface area contributed by atoms with E-state index in [-0.39, 0.29) is 11.1 Å². The van der Waals surface area contributed by atoms with E-state index in [1.54, 1.807) is 18.3 Å². The Morgan fingerprint density at radius 2 is 1.47 bits per heavy atom. The zero-order valence-corrected chi connectivity index (χ0v) is 16.4. The minimum atomic E-state index is -3.67. The molecule has 0 fully saturated rings. The lowest BCUT2D eigenvalue weighted by molar-refractivity contribution is 0.100. The molecule has 2 rings (SSSR count). The number of hydrogen-bond acceptors (Lipinski definition) is 5. The number of benzene rings is 1. The second kappa shape index (κ2) is 9.82. The summed E-state index contributed by atoms with van der Waals surface area (Å²) in [6.45, 7) is 0. The monoisotopic (exact) mass is 434 g/mol. The van der Waals surface area contributed by atoms with Crippen molar-refractivity contribution in [1.29, 1.82) is 5.26 Å². The number of rotatable bonds is 3. The number of amides is 2. The van der Waals surface area contributed by atoms with E-state index in [9.17, 15) is 18.0 Å². The van der Waals surface area contributed by atoms with E-state index in [0.29, 0.717) is 17.6 Å². The van der Waals surface area contributed by atoms with E-state index < -0.39 is 33.9 Å². The Hall–Kier alpha value is -4.22. The van der Waals surface area contributed by atoms with Gasteiger partial charge in [0.15, 0.2) is 11.9 Å². The first-order valence-electron chi connectivity index (χ1n) is 7.75. The van der Waals surface area contributed by atoms with Crippen LogP contribution < -0.4 is 22.9 Å². The summed E-state index contributed by atoms with van der Waals surface area (Å²) < 4.78 is 27.4. The molecule has 0 bridgehead atoms. The maximum absolute atomic E-state index is 12.1. The van der Waals surface area contributed by atoms with Gasteiger partial charge in [0.1, 0.15) is 11.8 Å². The molecule has 0 aliphatic carbocycles. The first kappa shape index (κ1) is 23.8. The number of aliphatic imine (C=N–C) groups is 2. The largest absolute Gasteiger partial charge is 0.370 e. The highest BCUT2D eigenvalue weighted by Crippen LogP contribution is 2.19. The molecular weight excluding hydrogens is 416 g/mol. The van der Waals surface area contributed by atoms with Crippen molar-refractivity contribution in [1.82, 2.24) is 4.57 Å². The number of guanidine groups is 2. The van der Waals surface area contributed by atoms with Gasteiger partial charge >= 0.3 is 0 Å². The first-order valence-corrected chi connectivity index (χ1v) is 9.60. The van der Waals surface area contributed by atoms with Gasteiger partial charge in [-0.2, -0.15) is 23.7 Å². The molecule has 14 heteroatoms. The molecular formula is C16H18N8O5S. The summed E-state index contributed by atoms with van der Waals surface area (Å²) in [5, 5.41) is 9.15. The summed E-state index contributed by atoms with van der Waals surface area (Å²) in [6.07, 6.45) is 2.31. The molecule has 1 aromatic heterocycles. The standard InChI is InChI=1S/C15H14N8O2.CH4O3S/c16-7-10-2-1-3-23(10)11-5-8(12(24)21-14(17)18)4-9(6-11)13(25)22-15(19)20;1-5(2,3)4/h1-6H,(H4,17,18,21,24)(H4,19,20,22,25);1H3,(H,2,3,4). The molecule has 0 aliphatic rings. The van der Waals surface area contributed by atoms with Crippen molar-refractivity contribution >= 4 is 33.9 Å². The highest BCUT2D eigenvalue weighted by molar-refractivity contribution is 7.85. The quantitative estimate of drug-likeness (QED) is 0.216. The van der Waals surface area contributed by atoms with Crippen molar-refractivity contribution in [3.8, 4) is 11.8 Å². The summed E-state index contributed by atoms with van der Waals surface area (Å²) >= 11 is 0. The summed E-state index contributed by atoms with van der Waals surface area (Å²) in [5.74, 6) is -2.37. The van der Waals surface area contributed by atoms with Gasteiger partial charge in [-0.05, 0) is 30.3 Å². The third-order valence-corrected chi connectivity index (χ3v) is 3.01. The first-order chi connectivity index (χ1) is 13.8. The van der Waals surface area contributed by atoms with Crippen LogP contribution in [0.15, 0.2) is 46.5 Å². The molecule has 1 aromatic carbocycles. The Bertz CT molecular complexity index is 1110. The number of nitrogens with two attached hydrogens (primary N) is 4. The van der Waals surface area contributed by atoms with Crippen LogP contribution in [-0.2, 0) is 10.1 Å². The van der Waals surface area contributed by atoms with Crippen LogP contribution in [0, 0.1) is 11.3 Å².